The summed E-state index contributed by atoms with van der Waals surface area (Å²) in [6.07, 6.45) is 3.27. The van der Waals surface area contributed by atoms with E-state index >= 15 is 0 Å². The lowest BCUT2D eigenvalue weighted by Gasteiger charge is -2.20. The van der Waals surface area contributed by atoms with E-state index in [1.165, 1.54) is 24.2 Å². The van der Waals surface area contributed by atoms with Crippen molar-refractivity contribution in [3.63, 3.8) is 0 Å². The first-order valence-electron chi connectivity index (χ1n) is 6.89. The van der Waals surface area contributed by atoms with Gasteiger partial charge in [0.2, 0.25) is 10.0 Å². The highest BCUT2D eigenvalue weighted by Gasteiger charge is 2.27. The number of hydrogen-bond donors (Lipinski definition) is 1. The molecule has 1 N–H and O–H groups in total. The van der Waals surface area contributed by atoms with Crippen LogP contribution >= 0.6 is 11.3 Å². The molecule has 2 rings (SSSR count). The SMILES string of the molecule is CCCN(CC)S(=O)(=O)c1ccsc1CNC1CC1. The lowest BCUT2D eigenvalue weighted by Crippen LogP contribution is -2.32. The van der Waals surface area contributed by atoms with Crippen molar-refractivity contribution in [2.75, 3.05) is 13.1 Å². The lowest BCUT2D eigenvalue weighted by atomic mass is 10.4. The van der Waals surface area contributed by atoms with Crippen LogP contribution in [-0.4, -0.2) is 31.9 Å². The quantitative estimate of drug-likeness (QED) is 0.802. The molecule has 1 aromatic rings. The van der Waals surface area contributed by atoms with Gasteiger partial charge in [-0.3, -0.25) is 0 Å². The molecule has 1 fully saturated rings. The first-order valence-corrected chi connectivity index (χ1v) is 9.21. The summed E-state index contributed by atoms with van der Waals surface area (Å²) in [7, 11) is -3.32. The molecule has 0 spiro atoms. The number of nitrogens with zero attached hydrogens (tertiary/aromatic N) is 1. The van der Waals surface area contributed by atoms with Crippen LogP contribution in [0.3, 0.4) is 0 Å². The minimum absolute atomic E-state index is 0.487. The Morgan fingerprint density at radius 1 is 1.42 bits per heavy atom. The molecule has 1 aromatic heterocycles. The average molecular weight is 302 g/mol. The van der Waals surface area contributed by atoms with Crippen LogP contribution in [0.1, 0.15) is 38.0 Å². The molecule has 0 unspecified atom stereocenters. The van der Waals surface area contributed by atoms with Gasteiger partial charge in [-0.1, -0.05) is 13.8 Å². The first kappa shape index (κ1) is 15.0. The summed E-state index contributed by atoms with van der Waals surface area (Å²) in [5.41, 5.74) is 0. The number of nitrogens with one attached hydrogen (secondary N) is 1. The third-order valence-corrected chi connectivity index (χ3v) is 6.39. The summed E-state index contributed by atoms with van der Waals surface area (Å²) in [6, 6.07) is 2.33. The third kappa shape index (κ3) is 3.56. The smallest absolute Gasteiger partial charge is 0.244 e. The van der Waals surface area contributed by atoms with Crippen molar-refractivity contribution < 1.29 is 8.42 Å². The molecule has 6 heteroatoms. The molecule has 1 heterocycles. The van der Waals surface area contributed by atoms with Gasteiger partial charge in [0.15, 0.2) is 0 Å². The third-order valence-electron chi connectivity index (χ3n) is 3.28. The van der Waals surface area contributed by atoms with Crippen LogP contribution in [0.5, 0.6) is 0 Å². The van der Waals surface area contributed by atoms with Crippen molar-refractivity contribution in [1.82, 2.24) is 9.62 Å². The normalized spacial score (nSPS) is 16.2. The molecular weight excluding hydrogens is 280 g/mol. The van der Waals surface area contributed by atoms with Gasteiger partial charge in [0.1, 0.15) is 0 Å². The molecule has 1 saturated carbocycles. The fourth-order valence-corrected chi connectivity index (χ4v) is 4.96. The molecule has 0 saturated heterocycles. The van der Waals surface area contributed by atoms with Crippen molar-refractivity contribution >= 4 is 21.4 Å². The minimum atomic E-state index is -3.32. The van der Waals surface area contributed by atoms with Gasteiger partial charge in [-0.25, -0.2) is 8.42 Å². The second kappa shape index (κ2) is 6.35. The van der Waals surface area contributed by atoms with Crippen molar-refractivity contribution in [2.24, 2.45) is 0 Å². The Morgan fingerprint density at radius 2 is 2.16 bits per heavy atom. The molecule has 1 aliphatic carbocycles. The number of hydrogen-bond acceptors (Lipinski definition) is 4. The summed E-state index contributed by atoms with van der Waals surface area (Å²) in [4.78, 5) is 1.42. The molecule has 0 atom stereocenters. The second-order valence-electron chi connectivity index (χ2n) is 4.86. The van der Waals surface area contributed by atoms with Gasteiger partial charge in [-0.2, -0.15) is 4.31 Å². The maximum absolute atomic E-state index is 12.6. The highest BCUT2D eigenvalue weighted by Crippen LogP contribution is 2.27. The van der Waals surface area contributed by atoms with Gasteiger partial charge in [0.25, 0.3) is 0 Å². The zero-order valence-corrected chi connectivity index (χ0v) is 13.2. The van der Waals surface area contributed by atoms with Crippen molar-refractivity contribution in [1.29, 1.82) is 0 Å². The molecule has 1 aliphatic rings. The Kier molecular flexibility index (Phi) is 5.00. The van der Waals surface area contributed by atoms with Crippen LogP contribution in [0, 0.1) is 0 Å². The monoisotopic (exact) mass is 302 g/mol. The zero-order chi connectivity index (χ0) is 13.9. The van der Waals surface area contributed by atoms with E-state index in [9.17, 15) is 8.42 Å². The summed E-state index contributed by atoms with van der Waals surface area (Å²) in [5, 5.41) is 5.26. The van der Waals surface area contributed by atoms with Gasteiger partial charge in [0, 0.05) is 30.6 Å². The molecule has 108 valence electrons. The van der Waals surface area contributed by atoms with E-state index in [2.05, 4.69) is 5.32 Å². The van der Waals surface area contributed by atoms with Crippen molar-refractivity contribution in [3.05, 3.63) is 16.3 Å². The van der Waals surface area contributed by atoms with E-state index in [0.717, 1.165) is 11.3 Å². The number of sulfonamides is 1. The standard InChI is InChI=1S/C13H22N2O2S2/c1-3-8-15(4-2)19(16,17)13-7-9-18-12(13)10-14-11-5-6-11/h7,9,11,14H,3-6,8,10H2,1-2H3. The largest absolute Gasteiger partial charge is 0.309 e. The van der Waals surface area contributed by atoms with Gasteiger partial charge >= 0.3 is 0 Å². The highest BCUT2D eigenvalue weighted by atomic mass is 32.2. The Bertz CT molecular complexity index is 506. The first-order chi connectivity index (χ1) is 9.09. The van der Waals surface area contributed by atoms with Gasteiger partial charge in [-0.05, 0) is 30.7 Å². The molecule has 0 aliphatic heterocycles. The van der Waals surface area contributed by atoms with Crippen molar-refractivity contribution in [3.8, 4) is 0 Å². The van der Waals surface area contributed by atoms with Crippen LogP contribution in [-0.2, 0) is 16.6 Å². The van der Waals surface area contributed by atoms with Gasteiger partial charge < -0.3 is 5.32 Å². The molecule has 0 amide bonds. The fourth-order valence-electron chi connectivity index (χ4n) is 2.05. The topological polar surface area (TPSA) is 49.4 Å². The Hall–Kier alpha value is -0.430. The van der Waals surface area contributed by atoms with Crippen LogP contribution in [0.25, 0.3) is 0 Å². The van der Waals surface area contributed by atoms with E-state index in [4.69, 9.17) is 0 Å². The zero-order valence-electron chi connectivity index (χ0n) is 11.6. The molecule has 0 radical (unpaired) electrons. The van der Waals surface area contributed by atoms with Crippen LogP contribution < -0.4 is 5.32 Å². The van der Waals surface area contributed by atoms with Crippen molar-refractivity contribution in [2.45, 2.75) is 50.6 Å². The van der Waals surface area contributed by atoms with E-state index in [-0.39, 0.29) is 0 Å². The molecular formula is C13H22N2O2S2. The van der Waals surface area contributed by atoms with Gasteiger partial charge in [-0.15, -0.1) is 11.3 Å². The maximum Gasteiger partial charge on any atom is 0.244 e. The Labute approximate surface area is 119 Å². The minimum Gasteiger partial charge on any atom is -0.309 e. The second-order valence-corrected chi connectivity index (χ2v) is 7.77. The average Bonchev–Trinajstić information content (AvgIpc) is 3.09. The van der Waals surface area contributed by atoms with E-state index in [1.807, 2.05) is 19.2 Å². The van der Waals surface area contributed by atoms with Crippen LogP contribution in [0.2, 0.25) is 0 Å². The summed E-state index contributed by atoms with van der Waals surface area (Å²) in [6.45, 7) is 5.68. The maximum atomic E-state index is 12.6. The van der Waals surface area contributed by atoms with E-state index in [0.29, 0.717) is 30.6 Å². The highest BCUT2D eigenvalue weighted by molar-refractivity contribution is 7.89. The van der Waals surface area contributed by atoms with Crippen LogP contribution in [0.15, 0.2) is 16.3 Å². The van der Waals surface area contributed by atoms with Gasteiger partial charge in [0.05, 0.1) is 4.90 Å². The summed E-state index contributed by atoms with van der Waals surface area (Å²) in [5.74, 6) is 0. The summed E-state index contributed by atoms with van der Waals surface area (Å²) < 4.78 is 26.8. The molecule has 0 bridgehead atoms. The Morgan fingerprint density at radius 3 is 2.74 bits per heavy atom. The summed E-state index contributed by atoms with van der Waals surface area (Å²) >= 11 is 1.52. The molecule has 0 aromatic carbocycles. The number of thiophene rings is 1. The number of rotatable bonds is 8. The predicted molar refractivity (Wildman–Crippen MR) is 78.9 cm³/mol. The van der Waals surface area contributed by atoms with E-state index < -0.39 is 10.0 Å². The van der Waals surface area contributed by atoms with Crippen LogP contribution in [0.4, 0.5) is 0 Å². The fraction of sp³-hybridized carbons (Fsp3) is 0.692. The predicted octanol–water partition coefficient (Wildman–Crippen LogP) is 2.42. The Balaban J connectivity index is 2.16. The lowest BCUT2D eigenvalue weighted by molar-refractivity contribution is 0.426. The van der Waals surface area contributed by atoms with E-state index in [1.54, 1.807) is 10.4 Å². The molecule has 4 nitrogen and oxygen atoms in total. The molecule has 19 heavy (non-hydrogen) atoms.